The van der Waals surface area contributed by atoms with Crippen LogP contribution in [0.2, 0.25) is 0 Å². The summed E-state index contributed by atoms with van der Waals surface area (Å²) < 4.78 is 46.3. The lowest BCUT2D eigenvalue weighted by Crippen LogP contribution is -2.35. The van der Waals surface area contributed by atoms with Gasteiger partial charge in [0.1, 0.15) is 11.6 Å². The molecule has 144 valence electrons. The number of carbonyl (C=O) groups excluding carboxylic acids is 1. The number of sulfonamides is 1. The number of ether oxygens (including phenoxy) is 1. The highest BCUT2D eigenvalue weighted by atomic mass is 32.2. The standard InChI is InChI=1S/C19H21FN2O4S/c1-26-18-8-4-3-7-17(18)21-19(23)15-13-14(9-10-16(15)20)27(24,25)22-11-5-2-6-12-22/h3-4,7-10,13H,2,5-6,11-12H2,1H3,(H,21,23). The van der Waals surface area contributed by atoms with Gasteiger partial charge in [-0.1, -0.05) is 18.6 Å². The fraction of sp³-hybridized carbons (Fsp3) is 0.316. The number of anilines is 1. The first kappa shape index (κ1) is 19.3. The molecule has 8 heteroatoms. The predicted molar refractivity (Wildman–Crippen MR) is 100.0 cm³/mol. The number of hydrogen-bond donors (Lipinski definition) is 1. The van der Waals surface area contributed by atoms with Gasteiger partial charge in [0, 0.05) is 13.1 Å². The molecular formula is C19H21FN2O4S. The zero-order chi connectivity index (χ0) is 19.4. The second kappa shape index (κ2) is 8.06. The molecule has 0 radical (unpaired) electrons. The summed E-state index contributed by atoms with van der Waals surface area (Å²) in [5.74, 6) is -1.11. The number of nitrogens with one attached hydrogen (secondary N) is 1. The van der Waals surface area contributed by atoms with Gasteiger partial charge >= 0.3 is 0 Å². The Kier molecular flexibility index (Phi) is 5.76. The summed E-state index contributed by atoms with van der Waals surface area (Å²) in [7, 11) is -2.30. The first-order chi connectivity index (χ1) is 12.9. The van der Waals surface area contributed by atoms with Crippen molar-refractivity contribution < 1.29 is 22.3 Å². The average molecular weight is 392 g/mol. The van der Waals surface area contributed by atoms with Crippen molar-refractivity contribution in [3.05, 3.63) is 53.8 Å². The molecular weight excluding hydrogens is 371 g/mol. The van der Waals surface area contributed by atoms with Gasteiger partial charge in [0.2, 0.25) is 10.0 Å². The van der Waals surface area contributed by atoms with Crippen molar-refractivity contribution in [3.63, 3.8) is 0 Å². The first-order valence-electron chi connectivity index (χ1n) is 8.67. The van der Waals surface area contributed by atoms with Crippen LogP contribution < -0.4 is 10.1 Å². The van der Waals surface area contributed by atoms with Crippen LogP contribution in [0.5, 0.6) is 5.75 Å². The molecule has 1 amide bonds. The third kappa shape index (κ3) is 4.12. The van der Waals surface area contributed by atoms with Gasteiger partial charge in [0.25, 0.3) is 5.91 Å². The number of rotatable bonds is 5. The van der Waals surface area contributed by atoms with Crippen LogP contribution in [-0.2, 0) is 10.0 Å². The van der Waals surface area contributed by atoms with Gasteiger partial charge < -0.3 is 10.1 Å². The Hall–Kier alpha value is -2.45. The van der Waals surface area contributed by atoms with Crippen LogP contribution >= 0.6 is 0 Å². The second-order valence-corrected chi connectivity index (χ2v) is 8.20. The summed E-state index contributed by atoms with van der Waals surface area (Å²) in [6.07, 6.45) is 2.57. The number of para-hydroxylation sites is 2. The number of halogens is 1. The third-order valence-corrected chi connectivity index (χ3v) is 6.39. The van der Waals surface area contributed by atoms with Crippen molar-refractivity contribution in [2.24, 2.45) is 0 Å². The highest BCUT2D eigenvalue weighted by molar-refractivity contribution is 7.89. The highest BCUT2D eigenvalue weighted by Crippen LogP contribution is 2.26. The number of piperidine rings is 1. The van der Waals surface area contributed by atoms with Crippen LogP contribution in [0.25, 0.3) is 0 Å². The zero-order valence-corrected chi connectivity index (χ0v) is 15.8. The maximum atomic E-state index is 14.2. The molecule has 0 saturated carbocycles. The summed E-state index contributed by atoms with van der Waals surface area (Å²) in [4.78, 5) is 12.5. The number of amides is 1. The van der Waals surface area contributed by atoms with E-state index in [-0.39, 0.29) is 10.5 Å². The van der Waals surface area contributed by atoms with E-state index in [4.69, 9.17) is 4.74 Å². The molecule has 3 rings (SSSR count). The molecule has 1 N–H and O–H groups in total. The van der Waals surface area contributed by atoms with Crippen LogP contribution in [0, 0.1) is 5.82 Å². The highest BCUT2D eigenvalue weighted by Gasteiger charge is 2.27. The largest absolute Gasteiger partial charge is 0.495 e. The number of benzene rings is 2. The topological polar surface area (TPSA) is 75.7 Å². The first-order valence-corrected chi connectivity index (χ1v) is 10.1. The quantitative estimate of drug-likeness (QED) is 0.847. The molecule has 1 heterocycles. The molecule has 0 bridgehead atoms. The Labute approximate surface area is 158 Å². The van der Waals surface area contributed by atoms with Gasteiger partial charge in [-0.15, -0.1) is 0 Å². The lowest BCUT2D eigenvalue weighted by atomic mass is 10.2. The van der Waals surface area contributed by atoms with Crippen LogP contribution in [0.3, 0.4) is 0 Å². The molecule has 2 aromatic carbocycles. The number of methoxy groups -OCH3 is 1. The summed E-state index contributed by atoms with van der Waals surface area (Å²) in [6.45, 7) is 0.866. The van der Waals surface area contributed by atoms with Crippen LogP contribution in [0.4, 0.5) is 10.1 Å². The van der Waals surface area contributed by atoms with Gasteiger partial charge in [0.05, 0.1) is 23.3 Å². The summed E-state index contributed by atoms with van der Waals surface area (Å²) in [5.41, 5.74) is 0.0349. The Morgan fingerprint density at radius 3 is 2.52 bits per heavy atom. The van der Waals surface area contributed by atoms with E-state index in [1.54, 1.807) is 24.3 Å². The number of hydrogen-bond acceptors (Lipinski definition) is 4. The number of nitrogens with zero attached hydrogens (tertiary/aromatic N) is 1. The Balaban J connectivity index is 1.90. The molecule has 0 unspecified atom stereocenters. The molecule has 27 heavy (non-hydrogen) atoms. The monoisotopic (exact) mass is 392 g/mol. The SMILES string of the molecule is COc1ccccc1NC(=O)c1cc(S(=O)(=O)N2CCCCC2)ccc1F. The number of carbonyl (C=O) groups is 1. The van der Waals surface area contributed by atoms with E-state index in [0.717, 1.165) is 31.4 Å². The van der Waals surface area contributed by atoms with E-state index in [9.17, 15) is 17.6 Å². The normalized spacial score (nSPS) is 15.3. The average Bonchev–Trinajstić information content (AvgIpc) is 2.69. The summed E-state index contributed by atoms with van der Waals surface area (Å²) >= 11 is 0. The molecule has 0 atom stereocenters. The molecule has 1 aliphatic rings. The van der Waals surface area contributed by atoms with E-state index >= 15 is 0 Å². The Morgan fingerprint density at radius 1 is 1.11 bits per heavy atom. The van der Waals surface area contributed by atoms with Crippen molar-refractivity contribution in [1.82, 2.24) is 4.31 Å². The van der Waals surface area contributed by atoms with Crippen LogP contribution in [0.15, 0.2) is 47.4 Å². The molecule has 1 saturated heterocycles. The molecule has 6 nitrogen and oxygen atoms in total. The molecule has 1 fully saturated rings. The van der Waals surface area contributed by atoms with Crippen molar-refractivity contribution in [2.45, 2.75) is 24.2 Å². The van der Waals surface area contributed by atoms with E-state index in [1.165, 1.54) is 17.5 Å². The summed E-state index contributed by atoms with van der Waals surface area (Å²) in [5, 5.41) is 2.56. The van der Waals surface area contributed by atoms with E-state index in [0.29, 0.717) is 24.5 Å². The van der Waals surface area contributed by atoms with E-state index in [2.05, 4.69) is 5.32 Å². The maximum Gasteiger partial charge on any atom is 0.258 e. The van der Waals surface area contributed by atoms with Crippen LogP contribution in [-0.4, -0.2) is 38.8 Å². The van der Waals surface area contributed by atoms with Crippen molar-refractivity contribution in [1.29, 1.82) is 0 Å². The fourth-order valence-electron chi connectivity index (χ4n) is 3.03. The Bertz CT molecular complexity index is 940. The van der Waals surface area contributed by atoms with Gasteiger partial charge in [0.15, 0.2) is 0 Å². The Morgan fingerprint density at radius 2 is 1.81 bits per heavy atom. The molecule has 0 aliphatic carbocycles. The summed E-state index contributed by atoms with van der Waals surface area (Å²) in [6, 6.07) is 10.00. The van der Waals surface area contributed by atoms with Crippen molar-refractivity contribution in [2.75, 3.05) is 25.5 Å². The lowest BCUT2D eigenvalue weighted by molar-refractivity contribution is 0.102. The predicted octanol–water partition coefficient (Wildman–Crippen LogP) is 3.26. The lowest BCUT2D eigenvalue weighted by Gasteiger charge is -2.26. The maximum absolute atomic E-state index is 14.2. The smallest absolute Gasteiger partial charge is 0.258 e. The molecule has 0 spiro atoms. The van der Waals surface area contributed by atoms with Gasteiger partial charge in [-0.25, -0.2) is 12.8 Å². The minimum absolute atomic E-state index is 0.0871. The van der Waals surface area contributed by atoms with E-state index in [1.807, 2.05) is 0 Å². The van der Waals surface area contributed by atoms with E-state index < -0.39 is 21.7 Å². The second-order valence-electron chi connectivity index (χ2n) is 6.26. The molecule has 2 aromatic rings. The molecule has 1 aliphatic heterocycles. The third-order valence-electron chi connectivity index (χ3n) is 4.49. The van der Waals surface area contributed by atoms with Crippen molar-refractivity contribution >= 4 is 21.6 Å². The van der Waals surface area contributed by atoms with Gasteiger partial charge in [-0.2, -0.15) is 4.31 Å². The van der Waals surface area contributed by atoms with Gasteiger partial charge in [-0.05, 0) is 43.2 Å². The fourth-order valence-corrected chi connectivity index (χ4v) is 4.57. The minimum Gasteiger partial charge on any atom is -0.495 e. The minimum atomic E-state index is -3.76. The van der Waals surface area contributed by atoms with Crippen LogP contribution in [0.1, 0.15) is 29.6 Å². The van der Waals surface area contributed by atoms with Gasteiger partial charge in [-0.3, -0.25) is 4.79 Å². The molecule has 0 aromatic heterocycles. The zero-order valence-electron chi connectivity index (χ0n) is 14.9. The van der Waals surface area contributed by atoms with Crippen molar-refractivity contribution in [3.8, 4) is 5.75 Å².